The Morgan fingerprint density at radius 3 is 2.85 bits per heavy atom. The minimum absolute atomic E-state index is 0.0210. The number of nitrogens with one attached hydrogen (secondary N) is 1. The Hall–Kier alpha value is -2.33. The van der Waals surface area contributed by atoms with Crippen LogP contribution in [0.1, 0.15) is 11.3 Å². The summed E-state index contributed by atoms with van der Waals surface area (Å²) in [6, 6.07) is 3.53. The molecular formula is C16H19N3O5S2. The summed E-state index contributed by atoms with van der Waals surface area (Å²) in [4.78, 5) is 36.8. The van der Waals surface area contributed by atoms with Crippen LogP contribution in [-0.4, -0.2) is 53.0 Å². The topological polar surface area (TPSA) is 102 Å². The fourth-order valence-electron chi connectivity index (χ4n) is 1.87. The highest BCUT2D eigenvalue weighted by molar-refractivity contribution is 8.00. The van der Waals surface area contributed by atoms with E-state index < -0.39 is 5.97 Å². The number of hydrogen-bond donors (Lipinski definition) is 1. The third kappa shape index (κ3) is 6.89. The predicted molar refractivity (Wildman–Crippen MR) is 98.9 cm³/mol. The number of nitrogens with zero attached hydrogens (tertiary/aromatic N) is 2. The lowest BCUT2D eigenvalue weighted by atomic mass is 10.3. The van der Waals surface area contributed by atoms with Gasteiger partial charge in [-0.1, -0.05) is 5.16 Å². The summed E-state index contributed by atoms with van der Waals surface area (Å²) in [5, 5.41) is 10.1. The Labute approximate surface area is 158 Å². The molecule has 2 aromatic heterocycles. The molecule has 0 atom stereocenters. The molecule has 26 heavy (non-hydrogen) atoms. The number of thioether (sulfide) groups is 1. The fourth-order valence-corrected chi connectivity index (χ4v) is 3.14. The molecule has 0 aliphatic rings. The molecule has 140 valence electrons. The highest BCUT2D eigenvalue weighted by atomic mass is 32.2. The zero-order chi connectivity index (χ0) is 18.9. The maximum Gasteiger partial charge on any atom is 0.316 e. The lowest BCUT2D eigenvalue weighted by Crippen LogP contribution is -2.31. The molecule has 0 fully saturated rings. The Balaban J connectivity index is 1.59. The molecule has 1 N–H and O–H groups in total. The predicted octanol–water partition coefficient (Wildman–Crippen LogP) is 1.92. The molecule has 0 saturated carbocycles. The van der Waals surface area contributed by atoms with E-state index in [1.165, 1.54) is 4.90 Å². The monoisotopic (exact) mass is 397 g/mol. The van der Waals surface area contributed by atoms with E-state index in [4.69, 9.17) is 9.26 Å². The third-order valence-electron chi connectivity index (χ3n) is 3.13. The van der Waals surface area contributed by atoms with Crippen LogP contribution in [0.2, 0.25) is 0 Å². The summed E-state index contributed by atoms with van der Waals surface area (Å²) in [5.41, 5.74) is 1.03. The van der Waals surface area contributed by atoms with Gasteiger partial charge in [0, 0.05) is 19.7 Å². The zero-order valence-electron chi connectivity index (χ0n) is 14.4. The first kappa shape index (κ1) is 20.0. The maximum atomic E-state index is 11.9. The number of amides is 2. The highest BCUT2D eigenvalue weighted by Crippen LogP contribution is 2.10. The quantitative estimate of drug-likeness (QED) is 0.645. The Kier molecular flexibility index (Phi) is 7.67. The minimum atomic E-state index is -0.544. The summed E-state index contributed by atoms with van der Waals surface area (Å²) in [5.74, 6) is -0.173. The SMILES string of the molecule is Cc1cc(NC(=O)CSCC(=O)OCC(=O)N(C)Cc2ccsc2)no1. The van der Waals surface area contributed by atoms with Gasteiger partial charge in [-0.3, -0.25) is 14.4 Å². The first-order valence-corrected chi connectivity index (χ1v) is 9.75. The lowest BCUT2D eigenvalue weighted by molar-refractivity contribution is -0.149. The van der Waals surface area contributed by atoms with Crippen molar-refractivity contribution in [3.8, 4) is 0 Å². The molecule has 0 bridgehead atoms. The number of rotatable bonds is 9. The van der Waals surface area contributed by atoms with Gasteiger partial charge in [0.05, 0.1) is 11.5 Å². The number of ether oxygens (including phenoxy) is 1. The number of likely N-dealkylation sites (N-methyl/N-ethyl adjacent to an activating group) is 1. The van der Waals surface area contributed by atoms with Crippen LogP contribution >= 0.6 is 23.1 Å². The van der Waals surface area contributed by atoms with Gasteiger partial charge in [0.15, 0.2) is 12.4 Å². The molecule has 0 aliphatic carbocycles. The molecule has 10 heteroatoms. The van der Waals surface area contributed by atoms with Gasteiger partial charge >= 0.3 is 5.97 Å². The molecule has 2 rings (SSSR count). The third-order valence-corrected chi connectivity index (χ3v) is 4.77. The summed E-state index contributed by atoms with van der Waals surface area (Å²) in [7, 11) is 1.65. The lowest BCUT2D eigenvalue weighted by Gasteiger charge is -2.16. The van der Waals surface area contributed by atoms with Crippen LogP contribution in [0.3, 0.4) is 0 Å². The van der Waals surface area contributed by atoms with Crippen LogP contribution in [0.15, 0.2) is 27.4 Å². The van der Waals surface area contributed by atoms with Crippen LogP contribution in [0, 0.1) is 6.92 Å². The van der Waals surface area contributed by atoms with Crippen LogP contribution in [0.25, 0.3) is 0 Å². The van der Waals surface area contributed by atoms with Crippen molar-refractivity contribution in [2.45, 2.75) is 13.5 Å². The Morgan fingerprint density at radius 2 is 2.19 bits per heavy atom. The largest absolute Gasteiger partial charge is 0.455 e. The van der Waals surface area contributed by atoms with Gasteiger partial charge in [-0.05, 0) is 29.3 Å². The van der Waals surface area contributed by atoms with E-state index in [-0.39, 0.29) is 29.9 Å². The molecule has 8 nitrogen and oxygen atoms in total. The molecule has 0 saturated heterocycles. The van der Waals surface area contributed by atoms with Gasteiger partial charge in [0.2, 0.25) is 5.91 Å². The Bertz CT molecular complexity index is 745. The van der Waals surface area contributed by atoms with Crippen LogP contribution in [0.4, 0.5) is 5.82 Å². The average molecular weight is 397 g/mol. The number of anilines is 1. The summed E-state index contributed by atoms with van der Waals surface area (Å²) >= 11 is 2.65. The van der Waals surface area contributed by atoms with E-state index >= 15 is 0 Å². The van der Waals surface area contributed by atoms with Crippen molar-refractivity contribution in [2.75, 3.05) is 30.5 Å². The van der Waals surface area contributed by atoms with Crippen molar-refractivity contribution in [3.05, 3.63) is 34.2 Å². The van der Waals surface area contributed by atoms with E-state index in [1.807, 2.05) is 16.8 Å². The van der Waals surface area contributed by atoms with Crippen LogP contribution < -0.4 is 5.32 Å². The molecule has 0 aliphatic heterocycles. The number of carbonyl (C=O) groups excluding carboxylic acids is 3. The number of aryl methyl sites for hydroxylation is 1. The van der Waals surface area contributed by atoms with E-state index in [0.717, 1.165) is 17.3 Å². The van der Waals surface area contributed by atoms with Gasteiger partial charge in [-0.15, -0.1) is 11.8 Å². The van der Waals surface area contributed by atoms with Crippen molar-refractivity contribution in [1.82, 2.24) is 10.1 Å². The van der Waals surface area contributed by atoms with Crippen molar-refractivity contribution in [2.24, 2.45) is 0 Å². The maximum absolute atomic E-state index is 11.9. The van der Waals surface area contributed by atoms with Crippen molar-refractivity contribution in [3.63, 3.8) is 0 Å². The van der Waals surface area contributed by atoms with Gasteiger partial charge in [-0.25, -0.2) is 0 Å². The standard InChI is InChI=1S/C16H19N3O5S2/c1-11-5-13(18-24-11)17-14(20)9-26-10-16(22)23-7-15(21)19(2)6-12-3-4-25-8-12/h3-5,8H,6-7,9-10H2,1-2H3,(H,17,18,20). The molecule has 0 aromatic carbocycles. The smallest absolute Gasteiger partial charge is 0.316 e. The van der Waals surface area contributed by atoms with E-state index in [1.54, 1.807) is 31.4 Å². The summed E-state index contributed by atoms with van der Waals surface area (Å²) in [6.07, 6.45) is 0. The van der Waals surface area contributed by atoms with Gasteiger partial charge in [-0.2, -0.15) is 11.3 Å². The summed E-state index contributed by atoms with van der Waals surface area (Å²) in [6.45, 7) is 1.87. The van der Waals surface area contributed by atoms with Crippen molar-refractivity contribution < 1.29 is 23.6 Å². The second-order valence-corrected chi connectivity index (χ2v) is 7.17. The number of esters is 1. The van der Waals surface area contributed by atoms with Crippen LogP contribution in [-0.2, 0) is 25.7 Å². The van der Waals surface area contributed by atoms with Crippen molar-refractivity contribution in [1.29, 1.82) is 0 Å². The van der Waals surface area contributed by atoms with E-state index in [2.05, 4.69) is 10.5 Å². The molecule has 0 spiro atoms. The zero-order valence-corrected chi connectivity index (χ0v) is 16.0. The van der Waals surface area contributed by atoms with E-state index in [9.17, 15) is 14.4 Å². The average Bonchev–Trinajstić information content (AvgIpc) is 3.24. The molecule has 2 aromatic rings. The molecule has 2 heterocycles. The number of aromatic nitrogens is 1. The highest BCUT2D eigenvalue weighted by Gasteiger charge is 2.13. The normalized spacial score (nSPS) is 10.4. The first-order valence-electron chi connectivity index (χ1n) is 7.65. The number of thiophene rings is 1. The second-order valence-electron chi connectivity index (χ2n) is 5.41. The van der Waals surface area contributed by atoms with Gasteiger partial charge < -0.3 is 19.5 Å². The molecule has 0 unspecified atom stereocenters. The number of carbonyl (C=O) groups is 3. The number of hydrogen-bond acceptors (Lipinski definition) is 8. The van der Waals surface area contributed by atoms with Crippen molar-refractivity contribution >= 4 is 46.7 Å². The van der Waals surface area contributed by atoms with E-state index in [0.29, 0.717) is 18.1 Å². The van der Waals surface area contributed by atoms with Crippen LogP contribution in [0.5, 0.6) is 0 Å². The molecule has 0 radical (unpaired) electrons. The Morgan fingerprint density at radius 1 is 1.38 bits per heavy atom. The van der Waals surface area contributed by atoms with Gasteiger partial charge in [0.25, 0.3) is 5.91 Å². The molecule has 2 amide bonds. The molecular weight excluding hydrogens is 378 g/mol. The minimum Gasteiger partial charge on any atom is -0.455 e. The fraction of sp³-hybridized carbons (Fsp3) is 0.375. The summed E-state index contributed by atoms with van der Waals surface area (Å²) < 4.78 is 9.77. The second kappa shape index (κ2) is 9.97. The first-order chi connectivity index (χ1) is 12.4. The van der Waals surface area contributed by atoms with Gasteiger partial charge in [0.1, 0.15) is 5.76 Å².